The second-order valence-corrected chi connectivity index (χ2v) is 8.77. The van der Waals surface area contributed by atoms with Crippen molar-refractivity contribution in [2.75, 3.05) is 26.8 Å². The fourth-order valence-corrected chi connectivity index (χ4v) is 5.09. The second-order valence-electron chi connectivity index (χ2n) is 6.16. The van der Waals surface area contributed by atoms with Crippen LogP contribution < -0.4 is 4.72 Å². The molecule has 0 radical (unpaired) electrons. The second kappa shape index (κ2) is 8.37. The highest BCUT2D eigenvalue weighted by atomic mass is 32.2. The summed E-state index contributed by atoms with van der Waals surface area (Å²) in [5.41, 5.74) is 1.78. The normalized spacial score (nSPS) is 19.2. The van der Waals surface area contributed by atoms with Gasteiger partial charge in [0.25, 0.3) is 10.2 Å². The fourth-order valence-electron chi connectivity index (χ4n) is 2.97. The summed E-state index contributed by atoms with van der Waals surface area (Å²) < 4.78 is 34.4. The molecule has 1 fully saturated rings. The molecule has 0 spiro atoms. The zero-order chi connectivity index (χ0) is 17.7. The first-order valence-corrected chi connectivity index (χ1v) is 10.6. The molecule has 1 aromatic carbocycles. The van der Waals surface area contributed by atoms with Crippen molar-refractivity contribution in [3.63, 3.8) is 0 Å². The molecule has 6 nitrogen and oxygen atoms in total. The Morgan fingerprint density at radius 2 is 2.16 bits per heavy atom. The number of hydrogen-bond acceptors (Lipinski definition) is 5. The van der Waals surface area contributed by atoms with E-state index in [2.05, 4.69) is 9.71 Å². The molecule has 1 saturated heterocycles. The zero-order valence-electron chi connectivity index (χ0n) is 14.2. The summed E-state index contributed by atoms with van der Waals surface area (Å²) in [5.74, 6) is 0.263. The van der Waals surface area contributed by atoms with Crippen LogP contribution in [0.3, 0.4) is 0 Å². The van der Waals surface area contributed by atoms with Crippen molar-refractivity contribution >= 4 is 21.5 Å². The van der Waals surface area contributed by atoms with Crippen LogP contribution in [0.2, 0.25) is 0 Å². The lowest BCUT2D eigenvalue weighted by atomic mass is 10.0. The number of ether oxygens (including phenoxy) is 1. The Hall–Kier alpha value is -1.32. The number of benzene rings is 1. The predicted octanol–water partition coefficient (Wildman–Crippen LogP) is 2.50. The molecule has 3 rings (SSSR count). The van der Waals surface area contributed by atoms with Crippen LogP contribution in [0, 0.1) is 5.92 Å². The monoisotopic (exact) mass is 381 g/mol. The zero-order valence-corrected chi connectivity index (χ0v) is 15.9. The van der Waals surface area contributed by atoms with Gasteiger partial charge in [-0.1, -0.05) is 30.3 Å². The van der Waals surface area contributed by atoms with Crippen LogP contribution in [0.25, 0.3) is 10.6 Å². The molecule has 1 aromatic heterocycles. The van der Waals surface area contributed by atoms with E-state index in [1.54, 1.807) is 7.11 Å². The Bertz CT molecular complexity index is 775. The van der Waals surface area contributed by atoms with Crippen molar-refractivity contribution in [2.45, 2.75) is 19.4 Å². The minimum atomic E-state index is -3.50. The average molecular weight is 382 g/mol. The number of piperidine rings is 1. The van der Waals surface area contributed by atoms with E-state index < -0.39 is 10.2 Å². The number of nitrogens with one attached hydrogen (secondary N) is 1. The third kappa shape index (κ3) is 4.86. The van der Waals surface area contributed by atoms with E-state index in [1.165, 1.54) is 15.6 Å². The van der Waals surface area contributed by atoms with Crippen molar-refractivity contribution in [3.8, 4) is 10.6 Å². The van der Waals surface area contributed by atoms with Gasteiger partial charge in [-0.3, -0.25) is 0 Å². The number of aromatic nitrogens is 1. The summed E-state index contributed by atoms with van der Waals surface area (Å²) in [5, 5.41) is 2.79. The van der Waals surface area contributed by atoms with E-state index >= 15 is 0 Å². The highest BCUT2D eigenvalue weighted by Crippen LogP contribution is 2.23. The van der Waals surface area contributed by atoms with Gasteiger partial charge in [-0.2, -0.15) is 17.4 Å². The first kappa shape index (κ1) is 18.5. The maximum absolute atomic E-state index is 12.5. The van der Waals surface area contributed by atoms with E-state index in [1.807, 2.05) is 35.7 Å². The van der Waals surface area contributed by atoms with Gasteiger partial charge in [0.15, 0.2) is 0 Å². The van der Waals surface area contributed by atoms with E-state index in [9.17, 15) is 8.42 Å². The maximum Gasteiger partial charge on any atom is 0.279 e. The summed E-state index contributed by atoms with van der Waals surface area (Å²) in [6.07, 6.45) is 1.87. The van der Waals surface area contributed by atoms with Crippen molar-refractivity contribution in [1.29, 1.82) is 0 Å². The van der Waals surface area contributed by atoms with Gasteiger partial charge in [0.05, 0.1) is 18.8 Å². The van der Waals surface area contributed by atoms with Gasteiger partial charge in [0, 0.05) is 31.1 Å². The molecule has 0 aliphatic carbocycles. The van der Waals surface area contributed by atoms with Gasteiger partial charge in [-0.05, 0) is 18.8 Å². The number of rotatable bonds is 7. The minimum absolute atomic E-state index is 0.205. The summed E-state index contributed by atoms with van der Waals surface area (Å²) in [7, 11) is -1.84. The summed E-state index contributed by atoms with van der Waals surface area (Å²) in [6.45, 7) is 1.87. The summed E-state index contributed by atoms with van der Waals surface area (Å²) in [4.78, 5) is 4.53. The molecule has 0 bridgehead atoms. The molecular formula is C17H23N3O3S2. The number of nitrogens with zero attached hydrogens (tertiary/aromatic N) is 2. The van der Waals surface area contributed by atoms with Crippen molar-refractivity contribution in [1.82, 2.24) is 14.0 Å². The Kier molecular flexibility index (Phi) is 6.19. The molecule has 8 heteroatoms. The molecule has 1 N–H and O–H groups in total. The Balaban J connectivity index is 1.60. The number of methoxy groups -OCH3 is 1. The molecule has 2 heterocycles. The van der Waals surface area contributed by atoms with Gasteiger partial charge in [-0.15, -0.1) is 11.3 Å². The fraction of sp³-hybridized carbons (Fsp3) is 0.471. The third-order valence-electron chi connectivity index (χ3n) is 4.23. The topological polar surface area (TPSA) is 71.5 Å². The summed E-state index contributed by atoms with van der Waals surface area (Å²) >= 11 is 1.52. The highest BCUT2D eigenvalue weighted by molar-refractivity contribution is 7.87. The molecule has 1 unspecified atom stereocenters. The SMILES string of the molecule is COCC1CCCN(S(=O)(=O)NCc2csc(-c3ccccc3)n2)C1. The van der Waals surface area contributed by atoms with Gasteiger partial charge in [0.2, 0.25) is 0 Å². The lowest BCUT2D eigenvalue weighted by molar-refractivity contribution is 0.118. The van der Waals surface area contributed by atoms with Crippen LogP contribution in [-0.2, 0) is 21.5 Å². The molecule has 1 atom stereocenters. The lowest BCUT2D eigenvalue weighted by Gasteiger charge is -2.31. The molecule has 2 aromatic rings. The molecular weight excluding hydrogens is 358 g/mol. The van der Waals surface area contributed by atoms with Crippen LogP contribution in [-0.4, -0.2) is 44.5 Å². The average Bonchev–Trinajstić information content (AvgIpc) is 3.11. The van der Waals surface area contributed by atoms with E-state index in [0.717, 1.165) is 29.1 Å². The third-order valence-corrected chi connectivity index (χ3v) is 6.69. The Labute approximate surface area is 153 Å². The molecule has 1 aliphatic rings. The lowest BCUT2D eigenvalue weighted by Crippen LogP contribution is -2.46. The van der Waals surface area contributed by atoms with Gasteiger partial charge < -0.3 is 4.74 Å². The van der Waals surface area contributed by atoms with Crippen LogP contribution in [0.15, 0.2) is 35.7 Å². The Morgan fingerprint density at radius 1 is 1.36 bits per heavy atom. The van der Waals surface area contributed by atoms with Crippen LogP contribution in [0.5, 0.6) is 0 Å². The minimum Gasteiger partial charge on any atom is -0.384 e. The van der Waals surface area contributed by atoms with Gasteiger partial charge in [0.1, 0.15) is 5.01 Å². The van der Waals surface area contributed by atoms with Crippen molar-refractivity contribution < 1.29 is 13.2 Å². The number of hydrogen-bond donors (Lipinski definition) is 1. The van der Waals surface area contributed by atoms with Crippen molar-refractivity contribution in [3.05, 3.63) is 41.4 Å². The smallest absolute Gasteiger partial charge is 0.279 e. The quantitative estimate of drug-likeness (QED) is 0.800. The maximum atomic E-state index is 12.5. The van der Waals surface area contributed by atoms with E-state index in [0.29, 0.717) is 19.7 Å². The molecule has 25 heavy (non-hydrogen) atoms. The molecule has 0 saturated carbocycles. The van der Waals surface area contributed by atoms with Crippen LogP contribution in [0.4, 0.5) is 0 Å². The first-order chi connectivity index (χ1) is 12.1. The standard InChI is InChI=1S/C17H23N3O3S2/c1-23-12-14-6-5-9-20(11-14)25(21,22)18-10-16-13-24-17(19-16)15-7-3-2-4-8-15/h2-4,7-8,13-14,18H,5-6,9-12H2,1H3. The van der Waals surface area contributed by atoms with Gasteiger partial charge in [-0.25, -0.2) is 4.98 Å². The van der Waals surface area contributed by atoms with Gasteiger partial charge >= 0.3 is 0 Å². The summed E-state index contributed by atoms with van der Waals surface area (Å²) in [6, 6.07) is 9.88. The molecule has 136 valence electrons. The van der Waals surface area contributed by atoms with E-state index in [4.69, 9.17) is 4.74 Å². The largest absolute Gasteiger partial charge is 0.384 e. The first-order valence-electron chi connectivity index (χ1n) is 8.32. The molecule has 1 aliphatic heterocycles. The van der Waals surface area contributed by atoms with E-state index in [-0.39, 0.29) is 12.5 Å². The van der Waals surface area contributed by atoms with Crippen LogP contribution in [0.1, 0.15) is 18.5 Å². The molecule has 0 amide bonds. The number of thiazole rings is 1. The Morgan fingerprint density at radius 3 is 2.92 bits per heavy atom. The van der Waals surface area contributed by atoms with Crippen molar-refractivity contribution in [2.24, 2.45) is 5.92 Å². The predicted molar refractivity (Wildman–Crippen MR) is 99.5 cm³/mol. The highest BCUT2D eigenvalue weighted by Gasteiger charge is 2.28. The van der Waals surface area contributed by atoms with Crippen LogP contribution >= 0.6 is 11.3 Å².